The SMILES string of the molecule is CCOc1cc(/C=C2/SC(=Nc3ccccc3)N(Cc3ccccc3)C2=O)ccc1O. The zero-order valence-electron chi connectivity index (χ0n) is 17.1. The van der Waals surface area contributed by atoms with Gasteiger partial charge in [-0.15, -0.1) is 0 Å². The first kappa shape index (κ1) is 20.8. The normalized spacial score (nSPS) is 16.3. The Balaban J connectivity index is 1.68. The molecule has 0 saturated carbocycles. The Bertz CT molecular complexity index is 1130. The van der Waals surface area contributed by atoms with E-state index < -0.39 is 0 Å². The van der Waals surface area contributed by atoms with Gasteiger partial charge in [0, 0.05) is 0 Å². The molecule has 3 aromatic rings. The average molecular weight is 431 g/mol. The molecule has 1 amide bonds. The van der Waals surface area contributed by atoms with Crippen LogP contribution >= 0.6 is 11.8 Å². The lowest BCUT2D eigenvalue weighted by atomic mass is 10.1. The molecule has 31 heavy (non-hydrogen) atoms. The van der Waals surface area contributed by atoms with Crippen LogP contribution in [0.2, 0.25) is 0 Å². The number of nitrogens with zero attached hydrogens (tertiary/aromatic N) is 2. The Morgan fingerprint density at radius 2 is 1.74 bits per heavy atom. The minimum Gasteiger partial charge on any atom is -0.504 e. The number of aromatic hydroxyl groups is 1. The summed E-state index contributed by atoms with van der Waals surface area (Å²) >= 11 is 1.34. The summed E-state index contributed by atoms with van der Waals surface area (Å²) in [6.07, 6.45) is 1.81. The quantitative estimate of drug-likeness (QED) is 0.518. The fourth-order valence-electron chi connectivity index (χ4n) is 3.15. The van der Waals surface area contributed by atoms with E-state index in [1.165, 1.54) is 11.8 Å². The second kappa shape index (κ2) is 9.53. The van der Waals surface area contributed by atoms with Gasteiger partial charge in [-0.2, -0.15) is 0 Å². The van der Waals surface area contributed by atoms with Crippen LogP contribution in [0.15, 0.2) is 88.8 Å². The summed E-state index contributed by atoms with van der Waals surface area (Å²) in [5.74, 6) is 0.368. The van der Waals surface area contributed by atoms with Gasteiger partial charge >= 0.3 is 0 Å². The van der Waals surface area contributed by atoms with Crippen molar-refractivity contribution in [2.24, 2.45) is 4.99 Å². The Morgan fingerprint density at radius 1 is 1.03 bits per heavy atom. The molecule has 0 atom stereocenters. The summed E-state index contributed by atoms with van der Waals surface area (Å²) < 4.78 is 5.46. The molecular weight excluding hydrogens is 408 g/mol. The Hall–Kier alpha value is -3.51. The van der Waals surface area contributed by atoms with Crippen LogP contribution in [-0.2, 0) is 11.3 Å². The Morgan fingerprint density at radius 3 is 2.45 bits per heavy atom. The highest BCUT2D eigenvalue weighted by Crippen LogP contribution is 2.36. The Labute approximate surface area is 185 Å². The van der Waals surface area contributed by atoms with Crippen LogP contribution in [0, 0.1) is 0 Å². The first-order valence-corrected chi connectivity index (χ1v) is 10.8. The molecule has 0 radical (unpaired) electrons. The lowest BCUT2D eigenvalue weighted by molar-refractivity contribution is -0.122. The van der Waals surface area contributed by atoms with Crippen molar-refractivity contribution < 1.29 is 14.6 Å². The first-order chi connectivity index (χ1) is 15.1. The third-order valence-electron chi connectivity index (χ3n) is 4.63. The largest absolute Gasteiger partial charge is 0.504 e. The molecule has 0 unspecified atom stereocenters. The number of amidine groups is 1. The molecule has 156 valence electrons. The van der Waals surface area contributed by atoms with Crippen LogP contribution in [0.3, 0.4) is 0 Å². The van der Waals surface area contributed by atoms with Crippen molar-refractivity contribution >= 4 is 34.6 Å². The zero-order valence-corrected chi connectivity index (χ0v) is 17.9. The molecule has 0 spiro atoms. The van der Waals surface area contributed by atoms with Crippen LogP contribution in [0.4, 0.5) is 5.69 Å². The molecule has 1 aliphatic heterocycles. The van der Waals surface area contributed by atoms with Gasteiger partial charge in [-0.3, -0.25) is 9.69 Å². The number of phenolic OH excluding ortho intramolecular Hbond substituents is 1. The standard InChI is InChI=1S/C25H22N2O3S/c1-2-30-22-15-19(13-14-21(22)28)16-23-24(29)27(17-18-9-5-3-6-10-18)25(31-23)26-20-11-7-4-8-12-20/h3-16,28H,2,17H2,1H3/b23-16+,26-25?. The fraction of sp³-hybridized carbons (Fsp3) is 0.120. The number of thioether (sulfide) groups is 1. The summed E-state index contributed by atoms with van der Waals surface area (Å²) in [6.45, 7) is 2.74. The van der Waals surface area contributed by atoms with Gasteiger partial charge in [0.05, 0.1) is 23.7 Å². The molecule has 0 bridgehead atoms. The van der Waals surface area contributed by atoms with E-state index in [0.717, 1.165) is 16.8 Å². The minimum absolute atomic E-state index is 0.0754. The van der Waals surface area contributed by atoms with Gasteiger partial charge in [-0.25, -0.2) is 4.99 Å². The molecule has 1 N–H and O–H groups in total. The van der Waals surface area contributed by atoms with Gasteiger partial charge in [0.15, 0.2) is 16.7 Å². The topological polar surface area (TPSA) is 62.1 Å². The number of benzene rings is 3. The van der Waals surface area contributed by atoms with E-state index in [0.29, 0.717) is 29.0 Å². The van der Waals surface area contributed by atoms with Crippen LogP contribution in [-0.4, -0.2) is 27.7 Å². The van der Waals surface area contributed by atoms with E-state index >= 15 is 0 Å². The molecule has 1 aliphatic rings. The molecule has 4 rings (SSSR count). The molecule has 0 aromatic heterocycles. The van der Waals surface area contributed by atoms with Crippen molar-refractivity contribution in [2.45, 2.75) is 13.5 Å². The van der Waals surface area contributed by atoms with Gasteiger partial charge in [-0.1, -0.05) is 54.6 Å². The molecular formula is C25H22N2O3S. The molecule has 1 fully saturated rings. The number of aliphatic imine (C=N–C) groups is 1. The second-order valence-electron chi connectivity index (χ2n) is 6.88. The minimum atomic E-state index is -0.102. The maximum absolute atomic E-state index is 13.3. The lowest BCUT2D eigenvalue weighted by Gasteiger charge is -2.15. The smallest absolute Gasteiger partial charge is 0.267 e. The molecule has 3 aromatic carbocycles. The number of hydrogen-bond acceptors (Lipinski definition) is 5. The number of hydrogen-bond donors (Lipinski definition) is 1. The average Bonchev–Trinajstić information content (AvgIpc) is 3.06. The highest BCUT2D eigenvalue weighted by atomic mass is 32.2. The lowest BCUT2D eigenvalue weighted by Crippen LogP contribution is -2.28. The predicted molar refractivity (Wildman–Crippen MR) is 125 cm³/mol. The third-order valence-corrected chi connectivity index (χ3v) is 5.64. The van der Waals surface area contributed by atoms with Crippen LogP contribution < -0.4 is 4.74 Å². The summed E-state index contributed by atoms with van der Waals surface area (Å²) in [6, 6.07) is 24.5. The first-order valence-electron chi connectivity index (χ1n) is 9.99. The number of rotatable bonds is 6. The van der Waals surface area contributed by atoms with Crippen molar-refractivity contribution in [1.29, 1.82) is 0 Å². The number of para-hydroxylation sites is 1. The molecule has 5 nitrogen and oxygen atoms in total. The van der Waals surface area contributed by atoms with E-state index in [4.69, 9.17) is 9.73 Å². The number of carbonyl (C=O) groups excluding carboxylic acids is 1. The third kappa shape index (κ3) is 4.98. The number of ether oxygens (including phenoxy) is 1. The maximum Gasteiger partial charge on any atom is 0.267 e. The van der Waals surface area contributed by atoms with Crippen LogP contribution in [0.1, 0.15) is 18.1 Å². The highest BCUT2D eigenvalue weighted by Gasteiger charge is 2.33. The van der Waals surface area contributed by atoms with Gasteiger partial charge in [0.1, 0.15) is 0 Å². The van der Waals surface area contributed by atoms with E-state index in [1.807, 2.05) is 67.6 Å². The van der Waals surface area contributed by atoms with Gasteiger partial charge < -0.3 is 9.84 Å². The van der Waals surface area contributed by atoms with Crippen molar-refractivity contribution in [2.75, 3.05) is 6.61 Å². The van der Waals surface area contributed by atoms with Crippen molar-refractivity contribution in [1.82, 2.24) is 4.90 Å². The number of amides is 1. The molecule has 1 heterocycles. The van der Waals surface area contributed by atoms with E-state index in [9.17, 15) is 9.90 Å². The fourth-order valence-corrected chi connectivity index (χ4v) is 4.15. The molecule has 0 aliphatic carbocycles. The van der Waals surface area contributed by atoms with Gasteiger partial charge in [-0.05, 0) is 60.2 Å². The summed E-state index contributed by atoms with van der Waals surface area (Å²) in [4.78, 5) is 20.3. The van der Waals surface area contributed by atoms with Gasteiger partial charge in [0.25, 0.3) is 5.91 Å². The van der Waals surface area contributed by atoms with E-state index in [2.05, 4.69) is 0 Å². The summed E-state index contributed by atoms with van der Waals surface area (Å²) in [7, 11) is 0. The predicted octanol–water partition coefficient (Wildman–Crippen LogP) is 5.60. The molecule has 6 heteroatoms. The van der Waals surface area contributed by atoms with Crippen LogP contribution in [0.5, 0.6) is 11.5 Å². The van der Waals surface area contributed by atoms with Crippen molar-refractivity contribution in [3.05, 3.63) is 94.9 Å². The maximum atomic E-state index is 13.3. The van der Waals surface area contributed by atoms with E-state index in [1.54, 1.807) is 29.2 Å². The van der Waals surface area contributed by atoms with Crippen molar-refractivity contribution in [3.63, 3.8) is 0 Å². The zero-order chi connectivity index (χ0) is 21.6. The Kier molecular flexibility index (Phi) is 6.38. The summed E-state index contributed by atoms with van der Waals surface area (Å²) in [5.41, 5.74) is 2.60. The van der Waals surface area contributed by atoms with Crippen LogP contribution in [0.25, 0.3) is 6.08 Å². The van der Waals surface area contributed by atoms with E-state index in [-0.39, 0.29) is 11.7 Å². The van der Waals surface area contributed by atoms with Gasteiger partial charge in [0.2, 0.25) is 0 Å². The number of carbonyl (C=O) groups is 1. The summed E-state index contributed by atoms with van der Waals surface area (Å²) in [5, 5.41) is 10.6. The molecule has 1 saturated heterocycles. The monoisotopic (exact) mass is 430 g/mol. The highest BCUT2D eigenvalue weighted by molar-refractivity contribution is 8.18. The number of phenols is 1. The van der Waals surface area contributed by atoms with Crippen molar-refractivity contribution in [3.8, 4) is 11.5 Å². The second-order valence-corrected chi connectivity index (χ2v) is 7.89.